The van der Waals surface area contributed by atoms with E-state index in [2.05, 4.69) is 5.32 Å². The molecule has 1 aliphatic heterocycles. The second-order valence-corrected chi connectivity index (χ2v) is 3.99. The van der Waals surface area contributed by atoms with Gasteiger partial charge in [-0.3, -0.25) is 9.63 Å². The molecule has 84 valence electrons. The van der Waals surface area contributed by atoms with Gasteiger partial charge in [-0.1, -0.05) is 42.5 Å². The summed E-state index contributed by atoms with van der Waals surface area (Å²) in [4.78, 5) is 17.3. The Morgan fingerprint density at radius 2 is 2.19 bits per heavy atom. The maximum atomic E-state index is 11.4. The molecule has 0 spiro atoms. The van der Waals surface area contributed by atoms with Crippen LogP contribution in [0.25, 0.3) is 0 Å². The molecule has 1 aromatic rings. The molecule has 1 N–H and O–H groups in total. The van der Waals surface area contributed by atoms with Gasteiger partial charge in [0.15, 0.2) is 6.17 Å². The highest BCUT2D eigenvalue weighted by Crippen LogP contribution is 2.21. The van der Waals surface area contributed by atoms with Crippen molar-refractivity contribution in [3.63, 3.8) is 0 Å². The van der Waals surface area contributed by atoms with Gasteiger partial charge in [0.2, 0.25) is 5.91 Å². The highest BCUT2D eigenvalue weighted by molar-refractivity contribution is 7.80. The van der Waals surface area contributed by atoms with Crippen molar-refractivity contribution in [1.82, 2.24) is 10.4 Å². The van der Waals surface area contributed by atoms with Crippen LogP contribution < -0.4 is 5.32 Å². The van der Waals surface area contributed by atoms with Gasteiger partial charge in [-0.25, -0.2) is 0 Å². The lowest BCUT2D eigenvalue weighted by Crippen LogP contribution is -2.50. The third-order valence-corrected chi connectivity index (χ3v) is 2.53. The Bertz CT molecular complexity index is 408. The SMILES string of the molecule is CC(=O)N1OCC(=S)NC1c1ccccc1. The first-order valence-electron chi connectivity index (χ1n) is 4.95. The number of nitrogens with one attached hydrogen (secondary N) is 1. The molecule has 2 rings (SSSR count). The number of rotatable bonds is 1. The Hall–Kier alpha value is -1.46. The monoisotopic (exact) mass is 236 g/mol. The van der Waals surface area contributed by atoms with Crippen LogP contribution >= 0.6 is 12.2 Å². The normalized spacial score (nSPS) is 20.4. The second-order valence-electron chi connectivity index (χ2n) is 3.50. The van der Waals surface area contributed by atoms with Crippen LogP contribution in [0.2, 0.25) is 0 Å². The number of nitrogens with zero attached hydrogens (tertiary/aromatic N) is 1. The zero-order valence-corrected chi connectivity index (χ0v) is 9.66. The van der Waals surface area contributed by atoms with E-state index >= 15 is 0 Å². The minimum absolute atomic E-state index is 0.149. The van der Waals surface area contributed by atoms with Crippen molar-refractivity contribution in [2.45, 2.75) is 13.1 Å². The number of carbonyl (C=O) groups is 1. The molecule has 1 fully saturated rings. The number of hydrogen-bond donors (Lipinski definition) is 1. The first-order valence-corrected chi connectivity index (χ1v) is 5.36. The quantitative estimate of drug-likeness (QED) is 0.748. The third kappa shape index (κ3) is 2.20. The van der Waals surface area contributed by atoms with Gasteiger partial charge in [-0.15, -0.1) is 0 Å². The minimum Gasteiger partial charge on any atom is -0.352 e. The van der Waals surface area contributed by atoms with E-state index in [9.17, 15) is 4.79 Å². The molecule has 1 saturated heterocycles. The molecule has 0 saturated carbocycles. The summed E-state index contributed by atoms with van der Waals surface area (Å²) >= 11 is 5.05. The summed E-state index contributed by atoms with van der Waals surface area (Å²) in [7, 11) is 0. The molecule has 1 amide bonds. The molecule has 1 atom stereocenters. The molecule has 16 heavy (non-hydrogen) atoms. The number of thiocarbonyl (C=S) groups is 1. The van der Waals surface area contributed by atoms with E-state index in [1.165, 1.54) is 12.0 Å². The first kappa shape index (κ1) is 11.0. The summed E-state index contributed by atoms with van der Waals surface area (Å²) in [6, 6.07) is 9.58. The van der Waals surface area contributed by atoms with Crippen LogP contribution in [0.3, 0.4) is 0 Å². The van der Waals surface area contributed by atoms with Crippen molar-refractivity contribution < 1.29 is 9.63 Å². The summed E-state index contributed by atoms with van der Waals surface area (Å²) in [6.07, 6.45) is -0.333. The molecule has 1 unspecified atom stereocenters. The van der Waals surface area contributed by atoms with Gasteiger partial charge >= 0.3 is 0 Å². The summed E-state index contributed by atoms with van der Waals surface area (Å²) in [5, 5.41) is 4.39. The van der Waals surface area contributed by atoms with Crippen LogP contribution in [0.1, 0.15) is 18.7 Å². The van der Waals surface area contributed by atoms with Crippen molar-refractivity contribution in [2.75, 3.05) is 6.61 Å². The van der Waals surface area contributed by atoms with Crippen LogP contribution in [-0.4, -0.2) is 22.6 Å². The largest absolute Gasteiger partial charge is 0.352 e. The summed E-state index contributed by atoms with van der Waals surface area (Å²) in [5.41, 5.74) is 0.944. The minimum atomic E-state index is -0.333. The zero-order valence-electron chi connectivity index (χ0n) is 8.84. The van der Waals surface area contributed by atoms with Crippen molar-refractivity contribution in [1.29, 1.82) is 0 Å². The summed E-state index contributed by atoms with van der Waals surface area (Å²) in [5.74, 6) is -0.149. The van der Waals surface area contributed by atoms with Gasteiger partial charge in [0.05, 0.1) is 0 Å². The molecule has 5 heteroatoms. The predicted octanol–water partition coefficient (Wildman–Crippen LogP) is 1.40. The van der Waals surface area contributed by atoms with Crippen LogP contribution in [0.5, 0.6) is 0 Å². The number of amides is 1. The maximum Gasteiger partial charge on any atom is 0.245 e. The Morgan fingerprint density at radius 3 is 2.81 bits per heavy atom. The van der Waals surface area contributed by atoms with Crippen molar-refractivity contribution >= 4 is 23.1 Å². The fourth-order valence-corrected chi connectivity index (χ4v) is 1.75. The predicted molar refractivity (Wildman–Crippen MR) is 63.4 cm³/mol. The Kier molecular flexibility index (Phi) is 3.17. The highest BCUT2D eigenvalue weighted by atomic mass is 32.1. The smallest absolute Gasteiger partial charge is 0.245 e. The van der Waals surface area contributed by atoms with Gasteiger partial charge in [0.25, 0.3) is 0 Å². The lowest BCUT2D eigenvalue weighted by atomic mass is 10.1. The zero-order chi connectivity index (χ0) is 11.5. The molecule has 1 heterocycles. The lowest BCUT2D eigenvalue weighted by molar-refractivity contribution is -0.201. The number of benzene rings is 1. The Morgan fingerprint density at radius 1 is 1.50 bits per heavy atom. The van der Waals surface area contributed by atoms with Crippen LogP contribution in [0, 0.1) is 0 Å². The Balaban J connectivity index is 2.27. The first-order chi connectivity index (χ1) is 7.68. The topological polar surface area (TPSA) is 41.6 Å². The standard InChI is InChI=1S/C11H12N2O2S/c1-8(14)13-11(12-10(16)7-15-13)9-5-3-2-4-6-9/h2-6,11H,7H2,1H3,(H,12,16). The van der Waals surface area contributed by atoms with E-state index in [-0.39, 0.29) is 18.7 Å². The summed E-state index contributed by atoms with van der Waals surface area (Å²) < 4.78 is 0. The van der Waals surface area contributed by atoms with Gasteiger partial charge in [-0.2, -0.15) is 5.06 Å². The summed E-state index contributed by atoms with van der Waals surface area (Å²) in [6.45, 7) is 1.71. The van der Waals surface area contributed by atoms with Gasteiger partial charge in [0, 0.05) is 6.92 Å². The lowest BCUT2D eigenvalue weighted by Gasteiger charge is -2.35. The molecule has 0 aromatic heterocycles. The molecule has 1 aromatic carbocycles. The van der Waals surface area contributed by atoms with Gasteiger partial charge < -0.3 is 5.32 Å². The number of hydrogen-bond acceptors (Lipinski definition) is 3. The fourth-order valence-electron chi connectivity index (χ4n) is 1.58. The van der Waals surface area contributed by atoms with Crippen LogP contribution in [0.4, 0.5) is 0 Å². The maximum absolute atomic E-state index is 11.4. The van der Waals surface area contributed by atoms with Crippen molar-refractivity contribution in [3.05, 3.63) is 35.9 Å². The number of hydroxylamine groups is 2. The molecular weight excluding hydrogens is 224 g/mol. The number of carbonyl (C=O) groups excluding carboxylic acids is 1. The molecular formula is C11H12N2O2S. The second kappa shape index (κ2) is 4.59. The average molecular weight is 236 g/mol. The van der Waals surface area contributed by atoms with Gasteiger partial charge in [-0.05, 0) is 5.56 Å². The third-order valence-electron chi connectivity index (χ3n) is 2.29. The van der Waals surface area contributed by atoms with E-state index in [4.69, 9.17) is 17.1 Å². The molecule has 0 bridgehead atoms. The van der Waals surface area contributed by atoms with Crippen LogP contribution in [-0.2, 0) is 9.63 Å². The van der Waals surface area contributed by atoms with E-state index in [1.54, 1.807) is 0 Å². The van der Waals surface area contributed by atoms with E-state index in [0.29, 0.717) is 4.99 Å². The van der Waals surface area contributed by atoms with Crippen molar-refractivity contribution in [3.8, 4) is 0 Å². The molecule has 0 aliphatic carbocycles. The van der Waals surface area contributed by atoms with E-state index in [1.807, 2.05) is 30.3 Å². The molecule has 0 radical (unpaired) electrons. The van der Waals surface area contributed by atoms with Gasteiger partial charge in [0.1, 0.15) is 11.6 Å². The highest BCUT2D eigenvalue weighted by Gasteiger charge is 2.28. The van der Waals surface area contributed by atoms with E-state index in [0.717, 1.165) is 5.56 Å². The van der Waals surface area contributed by atoms with Crippen LogP contribution in [0.15, 0.2) is 30.3 Å². The average Bonchev–Trinajstić information content (AvgIpc) is 2.29. The Labute approximate surface area is 99.1 Å². The molecule has 1 aliphatic rings. The van der Waals surface area contributed by atoms with E-state index < -0.39 is 0 Å². The fraction of sp³-hybridized carbons (Fsp3) is 0.273. The molecule has 4 nitrogen and oxygen atoms in total. The van der Waals surface area contributed by atoms with Crippen molar-refractivity contribution in [2.24, 2.45) is 0 Å².